The number of hydrogen-bond donors (Lipinski definition) is 0. The standard InChI is InChI=1S/C20H25ClN2O5S2/c1-5-7-8-11-23(20-22-13(3)17(29-20)19(25)28-6-2)18(24)14-9-10-15(21)16(12-14)30(4,26)27/h9-10,12H,5-8,11H2,1-4H3. The van der Waals surface area contributed by atoms with Crippen LogP contribution in [-0.2, 0) is 14.6 Å². The van der Waals surface area contributed by atoms with Crippen LogP contribution in [0.5, 0.6) is 0 Å². The van der Waals surface area contributed by atoms with Gasteiger partial charge in [-0.2, -0.15) is 0 Å². The number of sulfone groups is 1. The molecular weight excluding hydrogens is 448 g/mol. The van der Waals surface area contributed by atoms with Gasteiger partial charge in [-0.05, 0) is 38.5 Å². The van der Waals surface area contributed by atoms with E-state index in [1.54, 1.807) is 13.8 Å². The van der Waals surface area contributed by atoms with Crippen LogP contribution in [0.4, 0.5) is 5.13 Å². The number of rotatable bonds is 9. The van der Waals surface area contributed by atoms with Crippen LogP contribution >= 0.6 is 22.9 Å². The van der Waals surface area contributed by atoms with Gasteiger partial charge >= 0.3 is 5.97 Å². The molecule has 0 saturated carbocycles. The molecule has 0 aliphatic rings. The molecule has 0 atom stereocenters. The molecule has 0 bridgehead atoms. The number of halogens is 1. The molecule has 1 aromatic heterocycles. The predicted octanol–water partition coefficient (Wildman–Crippen LogP) is 4.52. The van der Waals surface area contributed by atoms with E-state index in [2.05, 4.69) is 11.9 Å². The average Bonchev–Trinajstić information content (AvgIpc) is 3.06. The van der Waals surface area contributed by atoms with Crippen LogP contribution in [0.1, 0.15) is 58.8 Å². The van der Waals surface area contributed by atoms with Gasteiger partial charge < -0.3 is 4.74 Å². The van der Waals surface area contributed by atoms with Gasteiger partial charge in [0.25, 0.3) is 5.91 Å². The summed E-state index contributed by atoms with van der Waals surface area (Å²) in [5, 5.41) is 0.425. The number of carbonyl (C=O) groups excluding carboxylic acids is 2. The van der Waals surface area contributed by atoms with Crippen LogP contribution in [0.25, 0.3) is 0 Å². The number of carbonyl (C=O) groups is 2. The molecule has 7 nitrogen and oxygen atoms in total. The van der Waals surface area contributed by atoms with Crippen LogP contribution in [-0.4, -0.2) is 44.7 Å². The van der Waals surface area contributed by atoms with Crippen LogP contribution in [0.2, 0.25) is 5.02 Å². The molecule has 30 heavy (non-hydrogen) atoms. The second-order valence-electron chi connectivity index (χ2n) is 6.71. The highest BCUT2D eigenvalue weighted by Gasteiger charge is 2.26. The highest BCUT2D eigenvalue weighted by atomic mass is 35.5. The molecule has 2 aromatic rings. The largest absolute Gasteiger partial charge is 0.462 e. The van der Waals surface area contributed by atoms with E-state index in [4.69, 9.17) is 16.3 Å². The number of esters is 1. The summed E-state index contributed by atoms with van der Waals surface area (Å²) in [5.74, 6) is -0.887. The zero-order chi connectivity index (χ0) is 22.5. The summed E-state index contributed by atoms with van der Waals surface area (Å²) in [7, 11) is -3.60. The van der Waals surface area contributed by atoms with Crippen molar-refractivity contribution in [2.24, 2.45) is 0 Å². The first-order valence-corrected chi connectivity index (χ1v) is 12.6. The highest BCUT2D eigenvalue weighted by Crippen LogP contribution is 2.30. The van der Waals surface area contributed by atoms with Gasteiger partial charge in [-0.1, -0.05) is 42.7 Å². The minimum atomic E-state index is -3.60. The molecular formula is C20H25ClN2O5S2. The molecule has 10 heteroatoms. The summed E-state index contributed by atoms with van der Waals surface area (Å²) in [6, 6.07) is 4.16. The van der Waals surface area contributed by atoms with Crippen LogP contribution in [0, 0.1) is 6.92 Å². The third-order valence-corrected chi connectivity index (χ3v) is 7.02. The van der Waals surface area contributed by atoms with Crippen molar-refractivity contribution in [3.05, 3.63) is 39.4 Å². The number of benzene rings is 1. The van der Waals surface area contributed by atoms with Crippen molar-refractivity contribution < 1.29 is 22.7 Å². The number of thiazole rings is 1. The predicted molar refractivity (Wildman–Crippen MR) is 119 cm³/mol. The van der Waals surface area contributed by atoms with Crippen LogP contribution < -0.4 is 4.90 Å². The number of amides is 1. The van der Waals surface area contributed by atoms with E-state index in [1.807, 2.05) is 0 Å². The zero-order valence-electron chi connectivity index (χ0n) is 17.4. The molecule has 1 amide bonds. The maximum Gasteiger partial charge on any atom is 0.350 e. The van der Waals surface area contributed by atoms with Crippen molar-refractivity contribution in [1.29, 1.82) is 0 Å². The second-order valence-corrected chi connectivity index (χ2v) is 10.1. The minimum Gasteiger partial charge on any atom is -0.462 e. The summed E-state index contributed by atoms with van der Waals surface area (Å²) in [6.07, 6.45) is 3.65. The van der Waals surface area contributed by atoms with Crippen LogP contribution in [0.15, 0.2) is 23.1 Å². The summed E-state index contributed by atoms with van der Waals surface area (Å²) in [6.45, 7) is 6.08. The number of aryl methyl sites for hydroxylation is 1. The Morgan fingerprint density at radius 1 is 1.23 bits per heavy atom. The van der Waals surface area contributed by atoms with E-state index < -0.39 is 21.7 Å². The maximum atomic E-state index is 13.3. The molecule has 1 heterocycles. The Balaban J connectivity index is 2.46. The van der Waals surface area contributed by atoms with Crippen molar-refractivity contribution in [1.82, 2.24) is 4.98 Å². The molecule has 0 aliphatic carbocycles. The molecule has 2 rings (SSSR count). The second kappa shape index (κ2) is 10.4. The SMILES string of the molecule is CCCCCN(C(=O)c1ccc(Cl)c(S(C)(=O)=O)c1)c1nc(C)c(C(=O)OCC)s1. The summed E-state index contributed by atoms with van der Waals surface area (Å²) in [5.41, 5.74) is 0.663. The number of ether oxygens (including phenoxy) is 1. The number of aromatic nitrogens is 1. The van der Waals surface area contributed by atoms with Crippen molar-refractivity contribution in [2.45, 2.75) is 44.9 Å². The summed E-state index contributed by atoms with van der Waals surface area (Å²) < 4.78 is 29.0. The number of hydrogen-bond acceptors (Lipinski definition) is 7. The number of unbranched alkanes of at least 4 members (excludes halogenated alkanes) is 2. The third-order valence-electron chi connectivity index (χ3n) is 4.29. The van der Waals surface area contributed by atoms with Crippen molar-refractivity contribution in [2.75, 3.05) is 24.3 Å². The van der Waals surface area contributed by atoms with Crippen molar-refractivity contribution in [3.63, 3.8) is 0 Å². The van der Waals surface area contributed by atoms with Gasteiger partial charge in [0.2, 0.25) is 0 Å². The fraction of sp³-hybridized carbons (Fsp3) is 0.450. The quantitative estimate of drug-likeness (QED) is 0.393. The number of anilines is 1. The highest BCUT2D eigenvalue weighted by molar-refractivity contribution is 7.90. The topological polar surface area (TPSA) is 93.6 Å². The Morgan fingerprint density at radius 2 is 1.93 bits per heavy atom. The average molecular weight is 473 g/mol. The maximum absolute atomic E-state index is 13.3. The van der Waals surface area contributed by atoms with Gasteiger partial charge in [0.1, 0.15) is 4.88 Å². The molecule has 0 unspecified atom stereocenters. The van der Waals surface area contributed by atoms with Gasteiger partial charge in [0.05, 0.1) is 22.2 Å². The lowest BCUT2D eigenvalue weighted by molar-refractivity contribution is 0.0531. The lowest BCUT2D eigenvalue weighted by Crippen LogP contribution is -2.32. The van der Waals surface area contributed by atoms with Crippen molar-refractivity contribution >= 4 is 49.8 Å². The molecule has 0 radical (unpaired) electrons. The number of nitrogens with zero attached hydrogens (tertiary/aromatic N) is 2. The molecule has 164 valence electrons. The van der Waals surface area contributed by atoms with Gasteiger partial charge in [0, 0.05) is 18.4 Å². The Bertz CT molecular complexity index is 1030. The molecule has 0 saturated heterocycles. The van der Waals surface area contributed by atoms with Crippen molar-refractivity contribution in [3.8, 4) is 0 Å². The van der Waals surface area contributed by atoms with E-state index >= 15 is 0 Å². The Labute approximate surface area is 185 Å². The Hall–Kier alpha value is -1.97. The van der Waals surface area contributed by atoms with Gasteiger partial charge in [-0.15, -0.1) is 0 Å². The van der Waals surface area contributed by atoms with E-state index in [1.165, 1.54) is 23.1 Å². The van der Waals surface area contributed by atoms with E-state index in [0.29, 0.717) is 22.2 Å². The monoisotopic (exact) mass is 472 g/mol. The van der Waals surface area contributed by atoms with Gasteiger partial charge in [-0.3, -0.25) is 9.69 Å². The first-order chi connectivity index (χ1) is 14.1. The first-order valence-electron chi connectivity index (χ1n) is 9.56. The lowest BCUT2D eigenvalue weighted by Gasteiger charge is -2.20. The van der Waals surface area contributed by atoms with E-state index in [0.717, 1.165) is 36.9 Å². The third kappa shape index (κ3) is 5.80. The molecule has 0 aliphatic heterocycles. The first kappa shape index (κ1) is 24.3. The normalized spacial score (nSPS) is 11.4. The van der Waals surface area contributed by atoms with E-state index in [9.17, 15) is 18.0 Å². The summed E-state index contributed by atoms with van der Waals surface area (Å²) >= 11 is 7.09. The molecule has 0 fully saturated rings. The smallest absolute Gasteiger partial charge is 0.350 e. The van der Waals surface area contributed by atoms with Crippen LogP contribution in [0.3, 0.4) is 0 Å². The van der Waals surface area contributed by atoms with E-state index in [-0.39, 0.29) is 22.1 Å². The Kier molecular flexibility index (Phi) is 8.40. The molecule has 0 N–H and O–H groups in total. The summed E-state index contributed by atoms with van der Waals surface area (Å²) in [4.78, 5) is 31.6. The molecule has 1 aromatic carbocycles. The minimum absolute atomic E-state index is 0.0567. The van der Waals surface area contributed by atoms with Gasteiger partial charge in [-0.25, -0.2) is 18.2 Å². The molecule has 0 spiro atoms. The zero-order valence-corrected chi connectivity index (χ0v) is 19.8. The lowest BCUT2D eigenvalue weighted by atomic mass is 10.2. The fourth-order valence-corrected chi connectivity index (χ4v) is 5.05. The fourth-order valence-electron chi connectivity index (χ4n) is 2.76. The Morgan fingerprint density at radius 3 is 2.53 bits per heavy atom. The van der Waals surface area contributed by atoms with Gasteiger partial charge in [0.15, 0.2) is 15.0 Å².